The zero-order valence-corrected chi connectivity index (χ0v) is 14.6. The molecule has 0 spiro atoms. The van der Waals surface area contributed by atoms with E-state index in [1.54, 1.807) is 17.5 Å². The largest absolute Gasteiger partial charge is 0.489 e. The van der Waals surface area contributed by atoms with Crippen LogP contribution in [0.1, 0.15) is 19.4 Å². The summed E-state index contributed by atoms with van der Waals surface area (Å²) in [6, 6.07) is 4.12. The van der Waals surface area contributed by atoms with Crippen molar-refractivity contribution in [2.24, 2.45) is 0 Å². The maximum Gasteiger partial charge on any atom is 0.182 e. The van der Waals surface area contributed by atoms with Crippen LogP contribution in [0.2, 0.25) is 0 Å². The summed E-state index contributed by atoms with van der Waals surface area (Å²) < 4.78 is 7.66. The molecule has 0 atom stereocenters. The van der Waals surface area contributed by atoms with Crippen LogP contribution in [0.5, 0.6) is 5.75 Å². The van der Waals surface area contributed by atoms with Gasteiger partial charge in [-0.05, 0) is 63.4 Å². The van der Waals surface area contributed by atoms with Gasteiger partial charge in [0.1, 0.15) is 5.75 Å². The third-order valence-electron chi connectivity index (χ3n) is 2.29. The van der Waals surface area contributed by atoms with Gasteiger partial charge in [-0.2, -0.15) is 0 Å². The van der Waals surface area contributed by atoms with Gasteiger partial charge in [0.15, 0.2) is 5.13 Å². The Morgan fingerprint density at radius 3 is 2.53 bits per heavy atom. The van der Waals surface area contributed by atoms with Crippen LogP contribution in [0, 0.1) is 0 Å². The fourth-order valence-corrected chi connectivity index (χ4v) is 3.55. The first-order valence-corrected chi connectivity index (χ1v) is 8.30. The molecule has 0 aliphatic heterocycles. The van der Waals surface area contributed by atoms with E-state index in [4.69, 9.17) is 4.74 Å². The van der Waals surface area contributed by atoms with Crippen LogP contribution in [0.15, 0.2) is 32.7 Å². The van der Waals surface area contributed by atoms with E-state index in [0.29, 0.717) is 0 Å². The Hall–Kier alpha value is -0.590. The quantitative estimate of drug-likeness (QED) is 0.754. The molecule has 1 aromatic carbocycles. The summed E-state index contributed by atoms with van der Waals surface area (Å²) in [5.41, 5.74) is 1.16. The number of nitrogens with zero attached hydrogens (tertiary/aromatic N) is 1. The number of thiazole rings is 1. The molecular formula is C13H14Br2N2OS. The van der Waals surface area contributed by atoms with Gasteiger partial charge in [-0.3, -0.25) is 0 Å². The molecule has 0 aliphatic carbocycles. The molecule has 1 aromatic heterocycles. The fourth-order valence-electron chi connectivity index (χ4n) is 1.55. The van der Waals surface area contributed by atoms with Gasteiger partial charge in [-0.25, -0.2) is 4.98 Å². The standard InChI is InChI=1S/C13H14Br2N2OS/c1-8(2)18-12-10(14)5-9(6-11(12)15)7-17-13-16-3-4-19-13/h3-6,8H,7H2,1-2H3,(H,16,17). The van der Waals surface area contributed by atoms with E-state index in [2.05, 4.69) is 54.3 Å². The van der Waals surface area contributed by atoms with Crippen molar-refractivity contribution >= 4 is 48.3 Å². The smallest absolute Gasteiger partial charge is 0.182 e. The Labute approximate surface area is 133 Å². The molecule has 1 heterocycles. The number of anilines is 1. The number of ether oxygens (including phenoxy) is 1. The van der Waals surface area contributed by atoms with Crippen molar-refractivity contribution in [2.45, 2.75) is 26.5 Å². The minimum atomic E-state index is 0.145. The van der Waals surface area contributed by atoms with Gasteiger partial charge in [-0.15, -0.1) is 11.3 Å². The molecule has 0 fully saturated rings. The highest BCUT2D eigenvalue weighted by atomic mass is 79.9. The van der Waals surface area contributed by atoms with E-state index in [9.17, 15) is 0 Å². The second-order valence-corrected chi connectivity index (χ2v) is 6.85. The molecule has 0 saturated heterocycles. The van der Waals surface area contributed by atoms with Crippen molar-refractivity contribution in [2.75, 3.05) is 5.32 Å². The van der Waals surface area contributed by atoms with Crippen LogP contribution in [0.25, 0.3) is 0 Å². The molecule has 0 aliphatic rings. The second-order valence-electron chi connectivity index (χ2n) is 4.25. The molecule has 2 aromatic rings. The lowest BCUT2D eigenvalue weighted by Crippen LogP contribution is -2.07. The van der Waals surface area contributed by atoms with Crippen LogP contribution < -0.4 is 10.1 Å². The van der Waals surface area contributed by atoms with E-state index in [1.165, 1.54) is 0 Å². The van der Waals surface area contributed by atoms with Gasteiger partial charge in [0.25, 0.3) is 0 Å². The van der Waals surface area contributed by atoms with Gasteiger partial charge in [0, 0.05) is 18.1 Å². The second kappa shape index (κ2) is 6.72. The van der Waals surface area contributed by atoms with Gasteiger partial charge in [0.05, 0.1) is 15.0 Å². The monoisotopic (exact) mass is 404 g/mol. The van der Waals surface area contributed by atoms with Crippen molar-refractivity contribution in [3.63, 3.8) is 0 Å². The minimum Gasteiger partial charge on any atom is -0.489 e. The molecule has 3 nitrogen and oxygen atoms in total. The minimum absolute atomic E-state index is 0.145. The van der Waals surface area contributed by atoms with Gasteiger partial charge in [0.2, 0.25) is 0 Å². The van der Waals surface area contributed by atoms with Crippen LogP contribution in [-0.2, 0) is 6.54 Å². The Kier molecular flexibility index (Phi) is 5.24. The molecular weight excluding hydrogens is 392 g/mol. The number of halogens is 2. The first-order chi connectivity index (χ1) is 9.06. The lowest BCUT2D eigenvalue weighted by Gasteiger charge is -2.15. The summed E-state index contributed by atoms with van der Waals surface area (Å²) in [5, 5.41) is 6.16. The topological polar surface area (TPSA) is 34.1 Å². The first-order valence-electron chi connectivity index (χ1n) is 5.84. The molecule has 19 heavy (non-hydrogen) atoms. The SMILES string of the molecule is CC(C)Oc1c(Br)cc(CNc2nccs2)cc1Br. The number of aromatic nitrogens is 1. The van der Waals surface area contributed by atoms with Crippen LogP contribution >= 0.6 is 43.2 Å². The molecule has 0 bridgehead atoms. The molecule has 102 valence electrons. The van der Waals surface area contributed by atoms with E-state index in [0.717, 1.165) is 31.9 Å². The Morgan fingerprint density at radius 1 is 1.32 bits per heavy atom. The van der Waals surface area contributed by atoms with Crippen molar-refractivity contribution in [1.29, 1.82) is 0 Å². The molecule has 0 amide bonds. The van der Waals surface area contributed by atoms with E-state index in [1.807, 2.05) is 19.2 Å². The third kappa shape index (κ3) is 4.19. The van der Waals surface area contributed by atoms with Gasteiger partial charge < -0.3 is 10.1 Å². The predicted molar refractivity (Wildman–Crippen MR) is 87.0 cm³/mol. The molecule has 2 rings (SSSR count). The first kappa shape index (κ1) is 14.8. The molecule has 0 radical (unpaired) electrons. The average Bonchev–Trinajstić information content (AvgIpc) is 2.84. The number of benzene rings is 1. The van der Waals surface area contributed by atoms with Crippen LogP contribution in [-0.4, -0.2) is 11.1 Å². The Balaban J connectivity index is 2.10. The summed E-state index contributed by atoms with van der Waals surface area (Å²) in [5.74, 6) is 0.841. The summed E-state index contributed by atoms with van der Waals surface area (Å²) in [7, 11) is 0. The average molecular weight is 406 g/mol. The zero-order chi connectivity index (χ0) is 13.8. The van der Waals surface area contributed by atoms with Crippen molar-refractivity contribution in [3.8, 4) is 5.75 Å². The fraction of sp³-hybridized carbons (Fsp3) is 0.308. The number of hydrogen-bond acceptors (Lipinski definition) is 4. The maximum absolute atomic E-state index is 5.76. The van der Waals surface area contributed by atoms with E-state index >= 15 is 0 Å². The number of nitrogens with one attached hydrogen (secondary N) is 1. The third-order valence-corrected chi connectivity index (χ3v) is 4.20. The Morgan fingerprint density at radius 2 is 2.00 bits per heavy atom. The van der Waals surface area contributed by atoms with Crippen molar-refractivity contribution in [3.05, 3.63) is 38.2 Å². The summed E-state index contributed by atoms with van der Waals surface area (Å²) >= 11 is 8.69. The number of rotatable bonds is 5. The van der Waals surface area contributed by atoms with Crippen LogP contribution in [0.3, 0.4) is 0 Å². The lowest BCUT2D eigenvalue weighted by molar-refractivity contribution is 0.239. The predicted octanol–water partition coefficient (Wildman–Crippen LogP) is 5.07. The maximum atomic E-state index is 5.76. The zero-order valence-electron chi connectivity index (χ0n) is 10.6. The molecule has 1 N–H and O–H groups in total. The summed E-state index contributed by atoms with van der Waals surface area (Å²) in [6.45, 7) is 4.75. The van der Waals surface area contributed by atoms with E-state index < -0.39 is 0 Å². The normalized spacial score (nSPS) is 10.8. The molecule has 0 saturated carbocycles. The van der Waals surface area contributed by atoms with Gasteiger partial charge in [-0.1, -0.05) is 0 Å². The van der Waals surface area contributed by atoms with Crippen molar-refractivity contribution in [1.82, 2.24) is 4.98 Å². The molecule has 0 unspecified atom stereocenters. The van der Waals surface area contributed by atoms with E-state index in [-0.39, 0.29) is 6.10 Å². The lowest BCUT2D eigenvalue weighted by atomic mass is 10.2. The highest BCUT2D eigenvalue weighted by Gasteiger charge is 2.10. The summed E-state index contributed by atoms with van der Waals surface area (Å²) in [6.07, 6.45) is 1.94. The van der Waals surface area contributed by atoms with Gasteiger partial charge >= 0.3 is 0 Å². The summed E-state index contributed by atoms with van der Waals surface area (Å²) in [4.78, 5) is 4.19. The van der Waals surface area contributed by atoms with Crippen LogP contribution in [0.4, 0.5) is 5.13 Å². The van der Waals surface area contributed by atoms with Crippen molar-refractivity contribution < 1.29 is 4.74 Å². The number of hydrogen-bond donors (Lipinski definition) is 1. The highest BCUT2D eigenvalue weighted by molar-refractivity contribution is 9.11. The molecule has 6 heteroatoms. The Bertz CT molecular complexity index is 521. The highest BCUT2D eigenvalue weighted by Crippen LogP contribution is 2.35.